The molecule has 7 heteroatoms. The lowest BCUT2D eigenvalue weighted by Crippen LogP contribution is -2.25. The molecule has 26 heavy (non-hydrogen) atoms. The van der Waals surface area contributed by atoms with Crippen molar-refractivity contribution in [3.05, 3.63) is 71.9 Å². The van der Waals surface area contributed by atoms with Crippen LogP contribution in [0.3, 0.4) is 0 Å². The first-order valence-corrected chi connectivity index (χ1v) is 9.92. The van der Waals surface area contributed by atoms with Gasteiger partial charge in [-0.25, -0.2) is 8.42 Å². The van der Waals surface area contributed by atoms with Crippen molar-refractivity contribution in [3.8, 4) is 11.3 Å². The van der Waals surface area contributed by atoms with Crippen LogP contribution in [-0.4, -0.2) is 32.3 Å². The molecule has 134 valence electrons. The van der Waals surface area contributed by atoms with Gasteiger partial charge in [0.1, 0.15) is 0 Å². The third-order valence-electron chi connectivity index (χ3n) is 3.81. The topological polar surface area (TPSA) is 89.3 Å². The quantitative estimate of drug-likeness (QED) is 0.721. The van der Waals surface area contributed by atoms with Gasteiger partial charge in [-0.2, -0.15) is 0 Å². The average Bonchev–Trinajstić information content (AvgIpc) is 3.11. The molecular formula is C19H18N2O4S. The van der Waals surface area contributed by atoms with Gasteiger partial charge >= 0.3 is 0 Å². The van der Waals surface area contributed by atoms with E-state index in [0.717, 1.165) is 17.5 Å². The molecule has 0 fully saturated rings. The van der Waals surface area contributed by atoms with Gasteiger partial charge in [-0.05, 0) is 18.2 Å². The number of amides is 1. The van der Waals surface area contributed by atoms with Crippen molar-refractivity contribution < 1.29 is 17.7 Å². The van der Waals surface area contributed by atoms with Crippen LogP contribution in [-0.2, 0) is 16.3 Å². The number of carbonyl (C=O) groups is 1. The largest absolute Gasteiger partial charge is 0.356 e. The summed E-state index contributed by atoms with van der Waals surface area (Å²) in [4.78, 5) is 12.3. The van der Waals surface area contributed by atoms with Crippen LogP contribution in [0.15, 0.2) is 70.1 Å². The van der Waals surface area contributed by atoms with Gasteiger partial charge in [-0.3, -0.25) is 4.79 Å². The van der Waals surface area contributed by atoms with E-state index >= 15 is 0 Å². The molecule has 1 amide bonds. The second-order valence-corrected chi connectivity index (χ2v) is 7.87. The summed E-state index contributed by atoms with van der Waals surface area (Å²) in [5.41, 5.74) is 1.97. The zero-order valence-electron chi connectivity index (χ0n) is 14.2. The molecule has 6 nitrogen and oxygen atoms in total. The van der Waals surface area contributed by atoms with Crippen molar-refractivity contribution in [2.75, 3.05) is 12.8 Å². The maximum atomic E-state index is 12.2. The molecule has 0 saturated carbocycles. The second kappa shape index (κ2) is 7.53. The number of nitrogens with one attached hydrogen (secondary N) is 1. The highest BCUT2D eigenvalue weighted by Gasteiger charge is 2.12. The van der Waals surface area contributed by atoms with Crippen molar-refractivity contribution in [2.24, 2.45) is 0 Å². The number of benzene rings is 2. The van der Waals surface area contributed by atoms with Gasteiger partial charge in [0.2, 0.25) is 0 Å². The highest BCUT2D eigenvalue weighted by molar-refractivity contribution is 7.90. The van der Waals surface area contributed by atoms with E-state index in [1.807, 2.05) is 36.4 Å². The van der Waals surface area contributed by atoms with Crippen LogP contribution in [0, 0.1) is 0 Å². The fraction of sp³-hybridized carbons (Fsp3) is 0.158. The van der Waals surface area contributed by atoms with Crippen LogP contribution in [0.2, 0.25) is 0 Å². The third-order valence-corrected chi connectivity index (χ3v) is 4.92. The van der Waals surface area contributed by atoms with Crippen LogP contribution >= 0.6 is 0 Å². The average molecular weight is 370 g/mol. The van der Waals surface area contributed by atoms with Gasteiger partial charge in [0.15, 0.2) is 15.6 Å². The van der Waals surface area contributed by atoms with Crippen molar-refractivity contribution in [2.45, 2.75) is 11.3 Å². The molecule has 3 aromatic rings. The van der Waals surface area contributed by atoms with Crippen molar-refractivity contribution in [1.29, 1.82) is 0 Å². The highest BCUT2D eigenvalue weighted by atomic mass is 32.2. The van der Waals surface area contributed by atoms with Crippen molar-refractivity contribution in [3.63, 3.8) is 0 Å². The first-order chi connectivity index (χ1) is 12.4. The molecule has 0 unspecified atom stereocenters. The summed E-state index contributed by atoms with van der Waals surface area (Å²) in [5, 5.41) is 6.76. The zero-order chi connectivity index (χ0) is 18.6. The van der Waals surface area contributed by atoms with E-state index in [4.69, 9.17) is 4.52 Å². The number of nitrogens with zero attached hydrogens (tertiary/aromatic N) is 1. The van der Waals surface area contributed by atoms with E-state index in [2.05, 4.69) is 10.5 Å². The number of sulfone groups is 1. The highest BCUT2D eigenvalue weighted by Crippen LogP contribution is 2.19. The van der Waals surface area contributed by atoms with Crippen molar-refractivity contribution in [1.82, 2.24) is 10.5 Å². The number of hydrogen-bond donors (Lipinski definition) is 1. The Morgan fingerprint density at radius 2 is 1.85 bits per heavy atom. The molecular weight excluding hydrogens is 352 g/mol. The van der Waals surface area contributed by atoms with Crippen LogP contribution in [0.1, 0.15) is 16.1 Å². The Kier molecular flexibility index (Phi) is 5.18. The SMILES string of the molecule is CS(=O)(=O)c1cccc(C(=O)NCCc2cc(-c3ccccc3)on2)c1. The Bertz CT molecular complexity index is 1010. The van der Waals surface area contributed by atoms with Gasteiger partial charge in [-0.15, -0.1) is 0 Å². The summed E-state index contributed by atoms with van der Waals surface area (Å²) < 4.78 is 28.5. The molecule has 1 aromatic heterocycles. The summed E-state index contributed by atoms with van der Waals surface area (Å²) in [5.74, 6) is 0.343. The monoisotopic (exact) mass is 370 g/mol. The number of hydrogen-bond acceptors (Lipinski definition) is 5. The molecule has 0 spiro atoms. The van der Waals surface area contributed by atoms with Crippen LogP contribution < -0.4 is 5.32 Å². The summed E-state index contributed by atoms with van der Waals surface area (Å²) in [6.07, 6.45) is 1.62. The number of carbonyl (C=O) groups excluding carboxylic acids is 1. The smallest absolute Gasteiger partial charge is 0.251 e. The summed E-state index contributed by atoms with van der Waals surface area (Å²) >= 11 is 0. The standard InChI is InChI=1S/C19H18N2O4S/c1-26(23,24)17-9-5-8-15(12-17)19(22)20-11-10-16-13-18(25-21-16)14-6-3-2-4-7-14/h2-9,12-13H,10-11H2,1H3,(H,20,22). The van der Waals surface area contributed by atoms with Gasteiger partial charge < -0.3 is 9.84 Å². The molecule has 0 aliphatic heterocycles. The predicted octanol–water partition coefficient (Wildman–Crippen LogP) is 2.72. The van der Waals surface area contributed by atoms with E-state index in [1.54, 1.807) is 12.1 Å². The molecule has 0 bridgehead atoms. The summed E-state index contributed by atoms with van der Waals surface area (Å²) in [7, 11) is -3.35. The lowest BCUT2D eigenvalue weighted by atomic mass is 10.1. The lowest BCUT2D eigenvalue weighted by molar-refractivity contribution is 0.0953. The van der Waals surface area contributed by atoms with Gasteiger partial charge in [0.25, 0.3) is 5.91 Å². The molecule has 0 aliphatic carbocycles. The first-order valence-electron chi connectivity index (χ1n) is 8.03. The molecule has 3 rings (SSSR count). The van der Waals surface area contributed by atoms with Crippen LogP contribution in [0.25, 0.3) is 11.3 Å². The second-order valence-electron chi connectivity index (χ2n) is 5.85. The third kappa shape index (κ3) is 4.37. The first kappa shape index (κ1) is 17.9. The van der Waals surface area contributed by atoms with E-state index in [1.165, 1.54) is 12.1 Å². The Labute approximate surface area is 151 Å². The van der Waals surface area contributed by atoms with Crippen molar-refractivity contribution >= 4 is 15.7 Å². The molecule has 1 N–H and O–H groups in total. The lowest BCUT2D eigenvalue weighted by Gasteiger charge is -2.05. The van der Waals surface area contributed by atoms with E-state index < -0.39 is 9.84 Å². The van der Waals surface area contributed by atoms with Gasteiger partial charge in [0, 0.05) is 36.4 Å². The normalized spacial score (nSPS) is 11.3. The zero-order valence-corrected chi connectivity index (χ0v) is 15.0. The van der Waals surface area contributed by atoms with Crippen LogP contribution in [0.4, 0.5) is 0 Å². The minimum absolute atomic E-state index is 0.120. The Balaban J connectivity index is 1.59. The van der Waals surface area contributed by atoms with Gasteiger partial charge in [0.05, 0.1) is 10.6 Å². The molecule has 2 aromatic carbocycles. The maximum absolute atomic E-state index is 12.2. The minimum Gasteiger partial charge on any atom is -0.356 e. The molecule has 1 heterocycles. The maximum Gasteiger partial charge on any atom is 0.251 e. The Morgan fingerprint density at radius 1 is 1.08 bits per heavy atom. The molecule has 0 aliphatic rings. The minimum atomic E-state index is -3.35. The summed E-state index contributed by atoms with van der Waals surface area (Å²) in [6.45, 7) is 0.364. The van der Waals surface area contributed by atoms with Gasteiger partial charge in [-0.1, -0.05) is 41.6 Å². The van der Waals surface area contributed by atoms with E-state index in [-0.39, 0.29) is 10.8 Å². The van der Waals surface area contributed by atoms with E-state index in [9.17, 15) is 13.2 Å². The Morgan fingerprint density at radius 3 is 2.58 bits per heavy atom. The van der Waals surface area contributed by atoms with Crippen LogP contribution in [0.5, 0.6) is 0 Å². The fourth-order valence-corrected chi connectivity index (χ4v) is 3.11. The van der Waals surface area contributed by atoms with E-state index in [0.29, 0.717) is 24.3 Å². The molecule has 0 radical (unpaired) electrons. The Hall–Kier alpha value is -2.93. The predicted molar refractivity (Wildman–Crippen MR) is 97.5 cm³/mol. The molecule has 0 atom stereocenters. The number of rotatable bonds is 6. The fourth-order valence-electron chi connectivity index (χ4n) is 2.44. The molecule has 0 saturated heterocycles. The summed E-state index contributed by atoms with van der Waals surface area (Å²) in [6, 6.07) is 17.4. The number of aromatic nitrogens is 1.